The number of unbranched alkanes of at least 4 members (excludes halogenated alkanes) is 2. The summed E-state index contributed by atoms with van der Waals surface area (Å²) in [6.45, 7) is 9.21. The summed E-state index contributed by atoms with van der Waals surface area (Å²) in [7, 11) is 0. The third kappa shape index (κ3) is 7.44. The van der Waals surface area contributed by atoms with Crippen LogP contribution in [-0.4, -0.2) is 11.5 Å². The van der Waals surface area contributed by atoms with Crippen LogP contribution < -0.4 is 0 Å². The van der Waals surface area contributed by atoms with Gasteiger partial charge in [-0.3, -0.25) is 0 Å². The molecule has 4 heterocycles. The Hall–Kier alpha value is -0.180. The highest BCUT2D eigenvalue weighted by Crippen LogP contribution is 2.53. The molecule has 2 unspecified atom stereocenters. The minimum Gasteiger partial charge on any atom is -0.143 e. The molecule has 0 saturated carbocycles. The molecule has 0 bridgehead atoms. The van der Waals surface area contributed by atoms with Crippen molar-refractivity contribution in [2.24, 2.45) is 11.8 Å². The number of benzene rings is 1. The summed E-state index contributed by atoms with van der Waals surface area (Å²) >= 11 is 25.1. The molecule has 42 heavy (non-hydrogen) atoms. The summed E-state index contributed by atoms with van der Waals surface area (Å²) in [6.07, 6.45) is 10.3. The SMILES string of the molecule is CCCCC(CC)CSc1sc(-c2c3ccsc3c(-c3cc(Cl)c(SCC(CC)CCCC)s3)c3ccsc23)cc1Cl. The number of thiophene rings is 4. The number of rotatable bonds is 16. The van der Waals surface area contributed by atoms with E-state index in [0.717, 1.165) is 33.4 Å². The summed E-state index contributed by atoms with van der Waals surface area (Å²) in [6, 6.07) is 9.04. The standard InChI is InChI=1S/C34H40Cl2S6/c1-5-9-11-21(7-3)19-39-33-25(35)17-27(41-33)29-23-13-15-38-32(23)30(24-14-16-37-31(24)29)28-18-26(36)34(42-28)40-20-22(8-4)12-10-6-2/h13-18,21-22H,5-12,19-20H2,1-4H3. The van der Waals surface area contributed by atoms with Crippen LogP contribution in [0, 0.1) is 11.8 Å². The van der Waals surface area contributed by atoms with Crippen LogP contribution in [0.4, 0.5) is 0 Å². The predicted octanol–water partition coefficient (Wildman–Crippen LogP) is 15.5. The average molecular weight is 712 g/mol. The molecular weight excluding hydrogens is 672 g/mol. The van der Waals surface area contributed by atoms with E-state index in [1.807, 2.05) is 68.9 Å². The molecule has 0 aliphatic rings. The van der Waals surface area contributed by atoms with Crippen LogP contribution in [-0.2, 0) is 0 Å². The molecule has 0 spiro atoms. The second kappa shape index (κ2) is 15.9. The van der Waals surface area contributed by atoms with Gasteiger partial charge in [-0.15, -0.1) is 68.9 Å². The lowest BCUT2D eigenvalue weighted by Crippen LogP contribution is -2.01. The molecule has 1 aromatic carbocycles. The van der Waals surface area contributed by atoms with E-state index in [9.17, 15) is 0 Å². The van der Waals surface area contributed by atoms with Crippen molar-refractivity contribution in [3.8, 4) is 20.9 Å². The first-order chi connectivity index (χ1) is 20.5. The molecule has 2 atom stereocenters. The van der Waals surface area contributed by atoms with Gasteiger partial charge in [0, 0.05) is 52.6 Å². The van der Waals surface area contributed by atoms with E-state index in [0.29, 0.717) is 0 Å². The Balaban J connectivity index is 1.47. The van der Waals surface area contributed by atoms with Gasteiger partial charge in [0.2, 0.25) is 0 Å². The third-order valence-electron chi connectivity index (χ3n) is 8.11. The minimum atomic E-state index is 0.758. The van der Waals surface area contributed by atoms with Gasteiger partial charge in [-0.05, 0) is 59.7 Å². The first kappa shape index (κ1) is 33.2. The van der Waals surface area contributed by atoms with Crippen LogP contribution in [0.2, 0.25) is 10.0 Å². The predicted molar refractivity (Wildman–Crippen MR) is 202 cm³/mol. The fourth-order valence-corrected chi connectivity index (χ4v) is 13.5. The molecule has 0 fully saturated rings. The molecule has 5 aromatic rings. The van der Waals surface area contributed by atoms with E-state index >= 15 is 0 Å². The second-order valence-corrected chi connectivity index (χ2v) is 18.4. The molecule has 5 rings (SSSR count). The molecule has 4 aromatic heterocycles. The normalized spacial score (nSPS) is 13.5. The Kier molecular flexibility index (Phi) is 12.6. The van der Waals surface area contributed by atoms with Crippen molar-refractivity contribution in [2.75, 3.05) is 11.5 Å². The average Bonchev–Trinajstić information content (AvgIpc) is 3.80. The Morgan fingerprint density at radius 2 is 1.10 bits per heavy atom. The van der Waals surface area contributed by atoms with Gasteiger partial charge in [0.15, 0.2) is 0 Å². The second-order valence-electron chi connectivity index (χ2n) is 11.0. The maximum atomic E-state index is 6.89. The van der Waals surface area contributed by atoms with Crippen molar-refractivity contribution in [3.63, 3.8) is 0 Å². The fourth-order valence-electron chi connectivity index (χ4n) is 5.46. The minimum absolute atomic E-state index is 0.758. The number of halogens is 2. The van der Waals surface area contributed by atoms with Crippen molar-refractivity contribution < 1.29 is 0 Å². The summed E-state index contributed by atoms with van der Waals surface area (Å²) in [5.74, 6) is 3.81. The first-order valence-corrected chi connectivity index (χ1v) is 21.4. The van der Waals surface area contributed by atoms with Gasteiger partial charge < -0.3 is 0 Å². The zero-order chi connectivity index (χ0) is 29.6. The molecule has 0 aliphatic heterocycles. The molecular formula is C34H40Cl2S6. The summed E-state index contributed by atoms with van der Waals surface area (Å²) < 4.78 is 5.22. The smallest absolute Gasteiger partial charge is 0.0792 e. The largest absolute Gasteiger partial charge is 0.143 e. The van der Waals surface area contributed by atoms with E-state index in [1.54, 1.807) is 0 Å². The zero-order valence-corrected chi connectivity index (χ0v) is 31.3. The van der Waals surface area contributed by atoms with Crippen LogP contribution in [0.15, 0.2) is 43.4 Å². The van der Waals surface area contributed by atoms with Gasteiger partial charge in [0.05, 0.1) is 18.5 Å². The lowest BCUT2D eigenvalue weighted by Gasteiger charge is -2.13. The number of hydrogen-bond acceptors (Lipinski definition) is 6. The molecule has 226 valence electrons. The lowest BCUT2D eigenvalue weighted by atomic mass is 10.0. The van der Waals surface area contributed by atoms with E-state index < -0.39 is 0 Å². The Bertz CT molecular complexity index is 1420. The van der Waals surface area contributed by atoms with E-state index in [-0.39, 0.29) is 0 Å². The number of hydrogen-bond donors (Lipinski definition) is 0. The van der Waals surface area contributed by atoms with E-state index in [4.69, 9.17) is 23.2 Å². The number of fused-ring (bicyclic) bond motifs is 2. The Labute approximate surface area is 286 Å². The Morgan fingerprint density at radius 1 is 0.667 bits per heavy atom. The van der Waals surface area contributed by atoms with Crippen molar-refractivity contribution in [1.29, 1.82) is 0 Å². The van der Waals surface area contributed by atoms with Crippen LogP contribution in [0.5, 0.6) is 0 Å². The number of thioether (sulfide) groups is 2. The third-order valence-corrected chi connectivity index (χ3v) is 16.4. The molecule has 0 aliphatic carbocycles. The van der Waals surface area contributed by atoms with E-state index in [1.165, 1.54) is 101 Å². The van der Waals surface area contributed by atoms with Gasteiger partial charge in [-0.2, -0.15) is 0 Å². The Morgan fingerprint density at radius 3 is 1.48 bits per heavy atom. The van der Waals surface area contributed by atoms with Gasteiger partial charge in [-0.1, -0.05) is 89.4 Å². The fraction of sp³-hybridized carbons (Fsp3) is 0.471. The highest BCUT2D eigenvalue weighted by atomic mass is 35.5. The molecule has 0 N–H and O–H groups in total. The van der Waals surface area contributed by atoms with Crippen LogP contribution in [0.1, 0.15) is 79.1 Å². The molecule has 8 heteroatoms. The van der Waals surface area contributed by atoms with Gasteiger partial charge in [0.25, 0.3) is 0 Å². The van der Waals surface area contributed by atoms with Gasteiger partial charge >= 0.3 is 0 Å². The quantitative estimate of drug-likeness (QED) is 0.0935. The molecule has 0 saturated heterocycles. The molecule has 0 amide bonds. The first-order valence-electron chi connectivity index (χ1n) is 15.2. The lowest BCUT2D eigenvalue weighted by molar-refractivity contribution is 0.499. The summed E-state index contributed by atoms with van der Waals surface area (Å²) in [5.41, 5.74) is 2.69. The van der Waals surface area contributed by atoms with Crippen LogP contribution in [0.25, 0.3) is 41.1 Å². The van der Waals surface area contributed by atoms with Gasteiger partial charge in [-0.25, -0.2) is 0 Å². The highest BCUT2D eigenvalue weighted by molar-refractivity contribution is 8.01. The van der Waals surface area contributed by atoms with Crippen molar-refractivity contribution in [1.82, 2.24) is 0 Å². The van der Waals surface area contributed by atoms with Gasteiger partial charge in [0.1, 0.15) is 0 Å². The maximum Gasteiger partial charge on any atom is 0.0792 e. The van der Waals surface area contributed by atoms with E-state index in [2.05, 4.69) is 62.7 Å². The highest BCUT2D eigenvalue weighted by Gasteiger charge is 2.23. The summed E-state index contributed by atoms with van der Waals surface area (Å²) in [4.78, 5) is 2.56. The van der Waals surface area contributed by atoms with Crippen LogP contribution in [0.3, 0.4) is 0 Å². The zero-order valence-electron chi connectivity index (χ0n) is 24.9. The topological polar surface area (TPSA) is 0 Å². The van der Waals surface area contributed by atoms with Crippen molar-refractivity contribution in [2.45, 2.75) is 87.5 Å². The van der Waals surface area contributed by atoms with Crippen molar-refractivity contribution in [3.05, 3.63) is 45.1 Å². The maximum absolute atomic E-state index is 6.89. The van der Waals surface area contributed by atoms with Crippen molar-refractivity contribution >= 4 is 112 Å². The van der Waals surface area contributed by atoms with Crippen LogP contribution >= 0.6 is 92.1 Å². The monoisotopic (exact) mass is 710 g/mol. The molecule has 0 nitrogen and oxygen atoms in total. The summed E-state index contributed by atoms with van der Waals surface area (Å²) in [5, 5.41) is 8.96. The molecule has 0 radical (unpaired) electrons.